The molecule has 2 atom stereocenters. The van der Waals surface area contributed by atoms with E-state index in [1.807, 2.05) is 0 Å². The zero-order valence-electron chi connectivity index (χ0n) is 11.8. The van der Waals surface area contributed by atoms with Crippen LogP contribution < -0.4 is 5.32 Å². The molecule has 96 valence electrons. The Labute approximate surface area is 107 Å². The highest BCUT2D eigenvalue weighted by atomic mass is 14.9. The first-order valence-corrected chi connectivity index (χ1v) is 6.96. The van der Waals surface area contributed by atoms with Crippen molar-refractivity contribution in [3.63, 3.8) is 0 Å². The van der Waals surface area contributed by atoms with E-state index in [1.54, 1.807) is 0 Å². The minimum Gasteiger partial charge on any atom is -0.314 e. The summed E-state index contributed by atoms with van der Waals surface area (Å²) in [5, 5.41) is 3.62. The average molecular weight is 233 g/mol. The Balaban J connectivity index is 2.54. The molecule has 1 heteroatoms. The first kappa shape index (κ1) is 14.2. The summed E-state index contributed by atoms with van der Waals surface area (Å²) in [4.78, 5) is 0. The molecule has 2 unspecified atom stereocenters. The van der Waals surface area contributed by atoms with E-state index in [1.165, 1.54) is 30.4 Å². The number of benzene rings is 1. The first-order valence-electron chi connectivity index (χ1n) is 6.96. The second kappa shape index (κ2) is 7.50. The molecule has 1 N–H and O–H groups in total. The predicted molar refractivity (Wildman–Crippen MR) is 76.4 cm³/mol. The smallest absolute Gasteiger partial charge is 0.00956 e. The van der Waals surface area contributed by atoms with E-state index in [4.69, 9.17) is 0 Å². The molecule has 1 nitrogen and oxygen atoms in total. The zero-order valence-corrected chi connectivity index (χ0v) is 11.8. The van der Waals surface area contributed by atoms with Crippen LogP contribution in [-0.2, 0) is 6.42 Å². The van der Waals surface area contributed by atoms with Crippen LogP contribution in [0.1, 0.15) is 44.7 Å². The van der Waals surface area contributed by atoms with Gasteiger partial charge in [-0.05, 0) is 43.4 Å². The summed E-state index contributed by atoms with van der Waals surface area (Å²) in [5.41, 5.74) is 2.92. The summed E-state index contributed by atoms with van der Waals surface area (Å²) >= 11 is 0. The maximum Gasteiger partial charge on any atom is 0.00956 e. The fraction of sp³-hybridized carbons (Fsp3) is 0.625. The Morgan fingerprint density at radius 1 is 1.18 bits per heavy atom. The van der Waals surface area contributed by atoms with E-state index in [2.05, 4.69) is 57.3 Å². The molecule has 0 bridgehead atoms. The third-order valence-electron chi connectivity index (χ3n) is 3.78. The molecule has 0 saturated carbocycles. The van der Waals surface area contributed by atoms with Crippen LogP contribution >= 0.6 is 0 Å². The minimum atomic E-state index is 0.657. The van der Waals surface area contributed by atoms with Crippen LogP contribution in [0.3, 0.4) is 0 Å². The third kappa shape index (κ3) is 4.51. The number of rotatable bonds is 7. The van der Waals surface area contributed by atoms with Crippen molar-refractivity contribution in [2.45, 2.75) is 53.0 Å². The van der Waals surface area contributed by atoms with Gasteiger partial charge in [0, 0.05) is 6.04 Å². The largest absolute Gasteiger partial charge is 0.314 e. The summed E-state index contributed by atoms with van der Waals surface area (Å²) in [6.45, 7) is 10.1. The van der Waals surface area contributed by atoms with Crippen molar-refractivity contribution in [1.82, 2.24) is 5.32 Å². The Morgan fingerprint density at radius 3 is 2.47 bits per heavy atom. The molecule has 1 aromatic rings. The molecule has 1 rings (SSSR count). The third-order valence-corrected chi connectivity index (χ3v) is 3.78. The lowest BCUT2D eigenvalue weighted by Crippen LogP contribution is -2.35. The fourth-order valence-electron chi connectivity index (χ4n) is 2.34. The molecule has 0 aromatic heterocycles. The molecule has 0 aliphatic carbocycles. The summed E-state index contributed by atoms with van der Waals surface area (Å²) in [7, 11) is 0. The van der Waals surface area contributed by atoms with Gasteiger partial charge in [-0.15, -0.1) is 0 Å². The van der Waals surface area contributed by atoms with Gasteiger partial charge in [0.05, 0.1) is 0 Å². The zero-order chi connectivity index (χ0) is 12.7. The van der Waals surface area contributed by atoms with E-state index in [9.17, 15) is 0 Å². The van der Waals surface area contributed by atoms with Gasteiger partial charge in [-0.3, -0.25) is 0 Å². The Morgan fingerprint density at radius 2 is 1.88 bits per heavy atom. The van der Waals surface area contributed by atoms with Gasteiger partial charge < -0.3 is 5.32 Å². The molecule has 0 heterocycles. The van der Waals surface area contributed by atoms with Gasteiger partial charge >= 0.3 is 0 Å². The Bertz CT molecular complexity index is 319. The van der Waals surface area contributed by atoms with Crippen LogP contribution in [0.15, 0.2) is 24.3 Å². The second-order valence-corrected chi connectivity index (χ2v) is 5.01. The minimum absolute atomic E-state index is 0.657. The van der Waals surface area contributed by atoms with Crippen molar-refractivity contribution >= 4 is 0 Å². The van der Waals surface area contributed by atoms with Crippen LogP contribution in [0.25, 0.3) is 0 Å². The first-order chi connectivity index (χ1) is 8.19. The van der Waals surface area contributed by atoms with Gasteiger partial charge in [-0.1, -0.05) is 51.5 Å². The van der Waals surface area contributed by atoms with E-state index >= 15 is 0 Å². The van der Waals surface area contributed by atoms with Crippen molar-refractivity contribution in [3.8, 4) is 0 Å². The van der Waals surface area contributed by atoms with Gasteiger partial charge in [-0.2, -0.15) is 0 Å². The molecule has 0 saturated heterocycles. The Hall–Kier alpha value is -0.820. The molecule has 17 heavy (non-hydrogen) atoms. The van der Waals surface area contributed by atoms with Gasteiger partial charge in [0.15, 0.2) is 0 Å². The van der Waals surface area contributed by atoms with Crippen molar-refractivity contribution in [2.24, 2.45) is 5.92 Å². The van der Waals surface area contributed by atoms with Crippen LogP contribution in [0.4, 0.5) is 0 Å². The van der Waals surface area contributed by atoms with Gasteiger partial charge in [0.25, 0.3) is 0 Å². The second-order valence-electron chi connectivity index (χ2n) is 5.01. The van der Waals surface area contributed by atoms with Crippen LogP contribution in [0.5, 0.6) is 0 Å². The highest BCUT2D eigenvalue weighted by Gasteiger charge is 2.14. The molecule has 0 amide bonds. The van der Waals surface area contributed by atoms with E-state index < -0.39 is 0 Å². The summed E-state index contributed by atoms with van der Waals surface area (Å²) < 4.78 is 0. The quantitative estimate of drug-likeness (QED) is 0.752. The summed E-state index contributed by atoms with van der Waals surface area (Å²) in [5.74, 6) is 0.763. The van der Waals surface area contributed by atoms with Gasteiger partial charge in [0.2, 0.25) is 0 Å². The van der Waals surface area contributed by atoms with Gasteiger partial charge in [0.1, 0.15) is 0 Å². The normalized spacial score (nSPS) is 14.6. The molecular weight excluding hydrogens is 206 g/mol. The number of nitrogens with one attached hydrogen (secondary N) is 1. The van der Waals surface area contributed by atoms with E-state index in [0.717, 1.165) is 12.5 Å². The lowest BCUT2D eigenvalue weighted by molar-refractivity contribution is 0.354. The Kier molecular flexibility index (Phi) is 6.28. The van der Waals surface area contributed by atoms with E-state index in [-0.39, 0.29) is 0 Å². The lowest BCUT2D eigenvalue weighted by Gasteiger charge is -2.24. The molecule has 0 aliphatic heterocycles. The van der Waals surface area contributed by atoms with Crippen molar-refractivity contribution in [2.75, 3.05) is 6.54 Å². The predicted octanol–water partition coefficient (Wildman–Crippen LogP) is 3.95. The maximum atomic E-state index is 3.62. The number of hydrogen-bond acceptors (Lipinski definition) is 1. The van der Waals surface area contributed by atoms with Crippen LogP contribution in [0.2, 0.25) is 0 Å². The highest BCUT2D eigenvalue weighted by Crippen LogP contribution is 2.16. The highest BCUT2D eigenvalue weighted by molar-refractivity contribution is 5.25. The standard InChI is InChI=1S/C16H27N/c1-5-13(3)16(17-6-2)12-11-15-10-8-7-9-14(15)4/h7-10,13,16-17H,5-6,11-12H2,1-4H3. The molecule has 1 aromatic carbocycles. The average Bonchev–Trinajstić information content (AvgIpc) is 2.35. The van der Waals surface area contributed by atoms with Gasteiger partial charge in [-0.25, -0.2) is 0 Å². The number of aryl methyl sites for hydroxylation is 2. The topological polar surface area (TPSA) is 12.0 Å². The van der Waals surface area contributed by atoms with E-state index in [0.29, 0.717) is 6.04 Å². The molecule has 0 radical (unpaired) electrons. The van der Waals surface area contributed by atoms with Crippen molar-refractivity contribution in [3.05, 3.63) is 35.4 Å². The summed E-state index contributed by atoms with van der Waals surface area (Å²) in [6, 6.07) is 9.39. The van der Waals surface area contributed by atoms with Crippen molar-refractivity contribution in [1.29, 1.82) is 0 Å². The molecular formula is C16H27N. The monoisotopic (exact) mass is 233 g/mol. The molecule has 0 aliphatic rings. The molecule has 0 fully saturated rings. The van der Waals surface area contributed by atoms with Crippen LogP contribution in [-0.4, -0.2) is 12.6 Å². The SMILES string of the molecule is CCNC(CCc1ccccc1C)C(C)CC. The fourth-order valence-corrected chi connectivity index (χ4v) is 2.34. The molecule has 0 spiro atoms. The lowest BCUT2D eigenvalue weighted by atomic mass is 9.92. The van der Waals surface area contributed by atoms with Crippen molar-refractivity contribution < 1.29 is 0 Å². The van der Waals surface area contributed by atoms with Crippen LogP contribution in [0, 0.1) is 12.8 Å². The maximum absolute atomic E-state index is 3.62. The number of hydrogen-bond donors (Lipinski definition) is 1. The summed E-state index contributed by atoms with van der Waals surface area (Å²) in [6.07, 6.45) is 3.69.